The summed E-state index contributed by atoms with van der Waals surface area (Å²) in [5.74, 6) is 0. The molecule has 0 saturated heterocycles. The van der Waals surface area contributed by atoms with Crippen molar-refractivity contribution in [2.75, 3.05) is 4.90 Å². The second kappa shape index (κ2) is 10.8. The molecule has 0 saturated carbocycles. The molecule has 1 heterocycles. The molecular formula is C46H29NS. The van der Waals surface area contributed by atoms with Gasteiger partial charge in [0.15, 0.2) is 0 Å². The average molecular weight is 628 g/mol. The zero-order valence-electron chi connectivity index (χ0n) is 26.1. The summed E-state index contributed by atoms with van der Waals surface area (Å²) in [7, 11) is 0. The molecule has 1 aromatic heterocycles. The third kappa shape index (κ3) is 4.31. The number of nitrogens with zero attached hydrogens (tertiary/aromatic N) is 1. The van der Waals surface area contributed by atoms with Crippen molar-refractivity contribution in [3.8, 4) is 11.1 Å². The minimum Gasteiger partial charge on any atom is -0.309 e. The first-order valence-electron chi connectivity index (χ1n) is 16.4. The standard InChI is InChI=1S/C46H29NS/c1-2-11-35-28-36(19-16-30(35)8-1)31-20-24-37(25-21-31)47(38-26-22-34-18-17-32-9-3-5-12-39(32)43(34)29-38)44-15-7-14-41-42-27-23-33-10-4-6-13-40(33)45(42)48-46(41)44/h1-29H. The van der Waals surface area contributed by atoms with E-state index in [2.05, 4.69) is 181 Å². The zero-order chi connectivity index (χ0) is 31.6. The van der Waals surface area contributed by atoms with Crippen molar-refractivity contribution in [2.24, 2.45) is 0 Å². The Morgan fingerprint density at radius 1 is 0.312 bits per heavy atom. The highest BCUT2D eigenvalue weighted by Gasteiger charge is 2.19. The molecule has 224 valence electrons. The Labute approximate surface area is 282 Å². The molecule has 48 heavy (non-hydrogen) atoms. The predicted molar refractivity (Wildman–Crippen MR) is 209 cm³/mol. The van der Waals surface area contributed by atoms with Gasteiger partial charge in [0.05, 0.1) is 10.4 Å². The van der Waals surface area contributed by atoms with Gasteiger partial charge in [-0.05, 0) is 90.6 Å². The number of hydrogen-bond acceptors (Lipinski definition) is 2. The SMILES string of the molecule is c1ccc2cc(-c3ccc(N(c4ccc5ccc6ccccc6c5c4)c4cccc5c4sc4c6ccccc6ccc54)cc3)ccc2c1. The van der Waals surface area contributed by atoms with Gasteiger partial charge in [-0.1, -0.05) is 140 Å². The summed E-state index contributed by atoms with van der Waals surface area (Å²) in [6, 6.07) is 64.5. The van der Waals surface area contributed by atoms with E-state index in [1.165, 1.54) is 80.1 Å². The van der Waals surface area contributed by atoms with Gasteiger partial charge in [0, 0.05) is 26.8 Å². The highest BCUT2D eigenvalue weighted by molar-refractivity contribution is 7.27. The lowest BCUT2D eigenvalue weighted by atomic mass is 10.00. The molecule has 0 bridgehead atoms. The third-order valence-electron chi connectivity index (χ3n) is 9.81. The first kappa shape index (κ1) is 27.2. The minimum atomic E-state index is 1.13. The van der Waals surface area contributed by atoms with Gasteiger partial charge in [-0.25, -0.2) is 0 Å². The molecule has 0 N–H and O–H groups in total. The molecule has 0 aliphatic heterocycles. The summed E-state index contributed by atoms with van der Waals surface area (Å²) in [5, 5.41) is 12.8. The van der Waals surface area contributed by atoms with E-state index in [4.69, 9.17) is 0 Å². The molecule has 10 rings (SSSR count). The highest BCUT2D eigenvalue weighted by atomic mass is 32.1. The summed E-state index contributed by atoms with van der Waals surface area (Å²) >= 11 is 1.90. The van der Waals surface area contributed by atoms with Gasteiger partial charge >= 0.3 is 0 Å². The van der Waals surface area contributed by atoms with Gasteiger partial charge in [-0.15, -0.1) is 11.3 Å². The summed E-state index contributed by atoms with van der Waals surface area (Å²) < 4.78 is 2.63. The number of hydrogen-bond donors (Lipinski definition) is 0. The van der Waals surface area contributed by atoms with Gasteiger partial charge in [0.1, 0.15) is 0 Å². The minimum absolute atomic E-state index is 1.13. The van der Waals surface area contributed by atoms with Gasteiger partial charge < -0.3 is 4.90 Å². The molecule has 0 atom stereocenters. The van der Waals surface area contributed by atoms with E-state index in [-0.39, 0.29) is 0 Å². The molecule has 0 fully saturated rings. The Bertz CT molecular complexity index is 2840. The lowest BCUT2D eigenvalue weighted by Gasteiger charge is -2.27. The van der Waals surface area contributed by atoms with Crippen LogP contribution in [0.2, 0.25) is 0 Å². The van der Waals surface area contributed by atoms with Crippen molar-refractivity contribution < 1.29 is 0 Å². The van der Waals surface area contributed by atoms with Crippen LogP contribution in [-0.4, -0.2) is 0 Å². The molecule has 0 aliphatic rings. The first-order valence-corrected chi connectivity index (χ1v) is 17.2. The summed E-state index contributed by atoms with van der Waals surface area (Å²) in [5.41, 5.74) is 5.90. The molecule has 0 amide bonds. The normalized spacial score (nSPS) is 11.8. The van der Waals surface area contributed by atoms with E-state index in [9.17, 15) is 0 Å². The maximum atomic E-state index is 2.45. The van der Waals surface area contributed by atoms with Crippen LogP contribution in [0.1, 0.15) is 0 Å². The van der Waals surface area contributed by atoms with Crippen LogP contribution in [0.3, 0.4) is 0 Å². The Kier molecular flexibility index (Phi) is 6.12. The monoisotopic (exact) mass is 627 g/mol. The van der Waals surface area contributed by atoms with Crippen LogP contribution in [0.4, 0.5) is 17.1 Å². The van der Waals surface area contributed by atoms with E-state index < -0.39 is 0 Å². The van der Waals surface area contributed by atoms with Crippen LogP contribution < -0.4 is 4.90 Å². The highest BCUT2D eigenvalue weighted by Crippen LogP contribution is 2.47. The van der Waals surface area contributed by atoms with Gasteiger partial charge in [-0.3, -0.25) is 0 Å². The fourth-order valence-corrected chi connectivity index (χ4v) is 8.76. The second-order valence-electron chi connectivity index (χ2n) is 12.6. The molecule has 0 radical (unpaired) electrons. The van der Waals surface area contributed by atoms with Crippen molar-refractivity contribution in [3.63, 3.8) is 0 Å². The van der Waals surface area contributed by atoms with Crippen molar-refractivity contribution >= 4 is 91.7 Å². The molecule has 10 aromatic rings. The molecule has 0 unspecified atom stereocenters. The lowest BCUT2D eigenvalue weighted by molar-refractivity contribution is 1.31. The van der Waals surface area contributed by atoms with Crippen LogP contribution in [0.15, 0.2) is 176 Å². The topological polar surface area (TPSA) is 3.24 Å². The molecule has 0 aliphatic carbocycles. The molecule has 2 heteroatoms. The van der Waals surface area contributed by atoms with Crippen LogP contribution in [0.5, 0.6) is 0 Å². The van der Waals surface area contributed by atoms with Crippen LogP contribution in [0, 0.1) is 0 Å². The summed E-state index contributed by atoms with van der Waals surface area (Å²) in [6.45, 7) is 0. The average Bonchev–Trinajstić information content (AvgIpc) is 3.55. The Morgan fingerprint density at radius 2 is 0.875 bits per heavy atom. The fraction of sp³-hybridized carbons (Fsp3) is 0. The maximum absolute atomic E-state index is 2.45. The van der Waals surface area contributed by atoms with E-state index >= 15 is 0 Å². The number of fused-ring (bicyclic) bond motifs is 9. The summed E-state index contributed by atoms with van der Waals surface area (Å²) in [4.78, 5) is 2.45. The van der Waals surface area contributed by atoms with Crippen molar-refractivity contribution in [3.05, 3.63) is 176 Å². The largest absolute Gasteiger partial charge is 0.309 e. The second-order valence-corrected chi connectivity index (χ2v) is 13.6. The van der Waals surface area contributed by atoms with Gasteiger partial charge in [0.2, 0.25) is 0 Å². The fourth-order valence-electron chi connectivity index (χ4n) is 7.42. The molecule has 0 spiro atoms. The number of rotatable bonds is 4. The van der Waals surface area contributed by atoms with Crippen molar-refractivity contribution in [2.45, 2.75) is 0 Å². The van der Waals surface area contributed by atoms with E-state index in [1.54, 1.807) is 0 Å². The third-order valence-corrected chi connectivity index (χ3v) is 11.1. The van der Waals surface area contributed by atoms with E-state index in [1.807, 2.05) is 11.3 Å². The number of thiophene rings is 1. The van der Waals surface area contributed by atoms with Gasteiger partial charge in [-0.2, -0.15) is 0 Å². The molecule has 9 aromatic carbocycles. The Balaban J connectivity index is 1.20. The van der Waals surface area contributed by atoms with Crippen LogP contribution in [-0.2, 0) is 0 Å². The number of anilines is 3. The van der Waals surface area contributed by atoms with E-state index in [0.717, 1.165) is 11.4 Å². The Morgan fingerprint density at radius 3 is 1.71 bits per heavy atom. The zero-order valence-corrected chi connectivity index (χ0v) is 26.9. The first-order chi connectivity index (χ1) is 23.8. The van der Waals surface area contributed by atoms with Crippen molar-refractivity contribution in [1.82, 2.24) is 0 Å². The van der Waals surface area contributed by atoms with E-state index in [0.29, 0.717) is 0 Å². The Hall–Kier alpha value is -5.96. The molecule has 1 nitrogen and oxygen atoms in total. The number of benzene rings is 9. The summed E-state index contributed by atoms with van der Waals surface area (Å²) in [6.07, 6.45) is 0. The van der Waals surface area contributed by atoms with Crippen LogP contribution in [0.25, 0.3) is 74.4 Å². The predicted octanol–water partition coefficient (Wildman–Crippen LogP) is 13.8. The van der Waals surface area contributed by atoms with Crippen molar-refractivity contribution in [1.29, 1.82) is 0 Å². The maximum Gasteiger partial charge on any atom is 0.0640 e. The smallest absolute Gasteiger partial charge is 0.0640 e. The lowest BCUT2D eigenvalue weighted by Crippen LogP contribution is -2.10. The van der Waals surface area contributed by atoms with Gasteiger partial charge in [0.25, 0.3) is 0 Å². The van der Waals surface area contributed by atoms with Crippen LogP contribution >= 0.6 is 11.3 Å². The quantitative estimate of drug-likeness (QED) is 0.176. The molecular weight excluding hydrogens is 599 g/mol.